The second kappa shape index (κ2) is 8.12. The largest absolute Gasteiger partial charge is 0.497 e. The maximum Gasteiger partial charge on any atom is 0.234 e. The zero-order valence-electron chi connectivity index (χ0n) is 14.5. The Morgan fingerprint density at radius 3 is 2.64 bits per heavy atom. The van der Waals surface area contributed by atoms with Crippen molar-refractivity contribution in [3.63, 3.8) is 0 Å². The molecule has 0 bridgehead atoms. The Kier molecular flexibility index (Phi) is 5.66. The SMILES string of the molecule is CCCn1cc(SCC(=O)Nc2ccc(OC)cc2)c2ccccc21. The van der Waals surface area contributed by atoms with Gasteiger partial charge in [-0.25, -0.2) is 0 Å². The van der Waals surface area contributed by atoms with Crippen LogP contribution in [0.5, 0.6) is 5.75 Å². The highest BCUT2D eigenvalue weighted by Crippen LogP contribution is 2.30. The van der Waals surface area contributed by atoms with E-state index in [0.29, 0.717) is 5.75 Å². The van der Waals surface area contributed by atoms with Crippen LogP contribution in [0.15, 0.2) is 59.6 Å². The van der Waals surface area contributed by atoms with Gasteiger partial charge in [0.05, 0.1) is 12.9 Å². The van der Waals surface area contributed by atoms with Crippen molar-refractivity contribution in [1.29, 1.82) is 0 Å². The van der Waals surface area contributed by atoms with Gasteiger partial charge in [-0.15, -0.1) is 11.8 Å². The third-order valence-electron chi connectivity index (χ3n) is 3.95. The van der Waals surface area contributed by atoms with Gasteiger partial charge >= 0.3 is 0 Å². The predicted molar refractivity (Wildman–Crippen MR) is 105 cm³/mol. The van der Waals surface area contributed by atoms with E-state index < -0.39 is 0 Å². The van der Waals surface area contributed by atoms with Crippen LogP contribution < -0.4 is 10.1 Å². The molecule has 3 aromatic rings. The Morgan fingerprint density at radius 2 is 1.92 bits per heavy atom. The van der Waals surface area contributed by atoms with E-state index in [1.165, 1.54) is 10.9 Å². The highest BCUT2D eigenvalue weighted by molar-refractivity contribution is 8.00. The Morgan fingerprint density at radius 1 is 1.16 bits per heavy atom. The average molecular weight is 354 g/mol. The smallest absolute Gasteiger partial charge is 0.234 e. The van der Waals surface area contributed by atoms with Crippen LogP contribution in [0.4, 0.5) is 5.69 Å². The molecule has 0 aliphatic rings. The van der Waals surface area contributed by atoms with E-state index >= 15 is 0 Å². The summed E-state index contributed by atoms with van der Waals surface area (Å²) in [6.45, 7) is 3.16. The lowest BCUT2D eigenvalue weighted by atomic mass is 10.2. The van der Waals surface area contributed by atoms with Gasteiger partial charge < -0.3 is 14.6 Å². The number of thioether (sulfide) groups is 1. The van der Waals surface area contributed by atoms with Crippen LogP contribution in [0.2, 0.25) is 0 Å². The number of amides is 1. The predicted octanol–water partition coefficient (Wildman–Crippen LogP) is 4.79. The Bertz CT molecular complexity index is 856. The molecule has 1 N–H and O–H groups in total. The second-order valence-electron chi connectivity index (χ2n) is 5.77. The van der Waals surface area contributed by atoms with Gasteiger partial charge in [-0.1, -0.05) is 25.1 Å². The first-order chi connectivity index (χ1) is 12.2. The highest BCUT2D eigenvalue weighted by atomic mass is 32.2. The molecule has 0 fully saturated rings. The number of nitrogens with one attached hydrogen (secondary N) is 1. The van der Waals surface area contributed by atoms with Crippen molar-refractivity contribution in [3.05, 3.63) is 54.7 Å². The molecule has 1 aromatic heterocycles. The van der Waals surface area contributed by atoms with E-state index in [9.17, 15) is 4.79 Å². The van der Waals surface area contributed by atoms with Gasteiger partial charge in [0.25, 0.3) is 0 Å². The molecule has 0 saturated heterocycles. The fourth-order valence-corrected chi connectivity index (χ4v) is 3.66. The van der Waals surface area contributed by atoms with Crippen LogP contribution in [0.3, 0.4) is 0 Å². The number of hydrogen-bond acceptors (Lipinski definition) is 3. The molecular weight excluding hydrogens is 332 g/mol. The monoisotopic (exact) mass is 354 g/mol. The van der Waals surface area contributed by atoms with Crippen molar-refractivity contribution >= 4 is 34.3 Å². The lowest BCUT2D eigenvalue weighted by Crippen LogP contribution is -2.13. The summed E-state index contributed by atoms with van der Waals surface area (Å²) in [5.41, 5.74) is 2.00. The zero-order valence-corrected chi connectivity index (χ0v) is 15.3. The molecule has 0 spiro atoms. The minimum Gasteiger partial charge on any atom is -0.497 e. The number of methoxy groups -OCH3 is 1. The lowest BCUT2D eigenvalue weighted by molar-refractivity contribution is -0.113. The number of carbonyl (C=O) groups excluding carboxylic acids is 1. The highest BCUT2D eigenvalue weighted by Gasteiger charge is 2.10. The number of aromatic nitrogens is 1. The Labute approximate surface area is 152 Å². The molecule has 0 aliphatic heterocycles. The number of para-hydroxylation sites is 1. The van der Waals surface area contributed by atoms with Crippen LogP contribution >= 0.6 is 11.8 Å². The van der Waals surface area contributed by atoms with E-state index in [2.05, 4.69) is 41.2 Å². The molecule has 4 nitrogen and oxygen atoms in total. The van der Waals surface area contributed by atoms with Crippen molar-refractivity contribution in [2.24, 2.45) is 0 Å². The Balaban J connectivity index is 1.66. The van der Waals surface area contributed by atoms with Gasteiger partial charge in [0.1, 0.15) is 5.75 Å². The second-order valence-corrected chi connectivity index (χ2v) is 6.79. The molecule has 0 aliphatic carbocycles. The first-order valence-electron chi connectivity index (χ1n) is 8.36. The van der Waals surface area contributed by atoms with Crippen molar-refractivity contribution in [1.82, 2.24) is 4.57 Å². The van der Waals surface area contributed by atoms with Crippen LogP contribution in [0, 0.1) is 0 Å². The summed E-state index contributed by atoms with van der Waals surface area (Å²) >= 11 is 1.57. The third kappa shape index (κ3) is 4.17. The molecule has 1 amide bonds. The number of fused-ring (bicyclic) bond motifs is 1. The summed E-state index contributed by atoms with van der Waals surface area (Å²) in [5.74, 6) is 1.14. The van der Waals surface area contributed by atoms with Gasteiger partial charge in [0.15, 0.2) is 0 Å². The molecule has 0 saturated carbocycles. The zero-order chi connectivity index (χ0) is 17.6. The van der Waals surface area contributed by atoms with E-state index in [1.54, 1.807) is 18.9 Å². The summed E-state index contributed by atoms with van der Waals surface area (Å²) in [6, 6.07) is 15.7. The number of aryl methyl sites for hydroxylation is 1. The summed E-state index contributed by atoms with van der Waals surface area (Å²) < 4.78 is 7.39. The Hall–Kier alpha value is -2.40. The van der Waals surface area contributed by atoms with Gasteiger partial charge in [-0.05, 0) is 36.8 Å². The molecule has 2 aromatic carbocycles. The average Bonchev–Trinajstić information content (AvgIpc) is 2.99. The molecule has 0 atom stereocenters. The maximum absolute atomic E-state index is 12.2. The van der Waals surface area contributed by atoms with Crippen LogP contribution in [-0.2, 0) is 11.3 Å². The molecule has 0 unspecified atom stereocenters. The first-order valence-corrected chi connectivity index (χ1v) is 9.34. The fraction of sp³-hybridized carbons (Fsp3) is 0.250. The van der Waals surface area contributed by atoms with Crippen molar-refractivity contribution in [3.8, 4) is 5.75 Å². The summed E-state index contributed by atoms with van der Waals surface area (Å²) in [6.07, 6.45) is 3.24. The molecule has 5 heteroatoms. The standard InChI is InChI=1S/C20H22N2O2S/c1-3-12-22-13-19(17-6-4-5-7-18(17)22)25-14-20(23)21-15-8-10-16(24-2)11-9-15/h4-11,13H,3,12,14H2,1-2H3,(H,21,23). The normalized spacial score (nSPS) is 10.8. The molecule has 1 heterocycles. The van der Waals surface area contributed by atoms with Crippen LogP contribution in [-0.4, -0.2) is 23.3 Å². The molecule has 0 radical (unpaired) electrons. The van der Waals surface area contributed by atoms with Gasteiger partial charge in [-0.3, -0.25) is 4.79 Å². The van der Waals surface area contributed by atoms with Gasteiger partial charge in [0.2, 0.25) is 5.91 Å². The summed E-state index contributed by atoms with van der Waals surface area (Å²) in [5, 5.41) is 4.13. The van der Waals surface area contributed by atoms with Crippen molar-refractivity contribution in [2.75, 3.05) is 18.2 Å². The number of ether oxygens (including phenoxy) is 1. The summed E-state index contributed by atoms with van der Waals surface area (Å²) in [7, 11) is 1.62. The number of rotatable bonds is 7. The van der Waals surface area contributed by atoms with E-state index in [1.807, 2.05) is 30.3 Å². The number of anilines is 1. The number of carbonyl (C=O) groups is 1. The minimum atomic E-state index is -0.0116. The minimum absolute atomic E-state index is 0.0116. The first kappa shape index (κ1) is 17.4. The topological polar surface area (TPSA) is 43.3 Å². The number of nitrogens with zero attached hydrogens (tertiary/aromatic N) is 1. The van der Waals surface area contributed by atoms with Gasteiger partial charge in [0, 0.05) is 34.2 Å². The fourth-order valence-electron chi connectivity index (χ4n) is 2.77. The quantitative estimate of drug-likeness (QED) is 0.620. The molecule has 3 rings (SSSR count). The van der Waals surface area contributed by atoms with Crippen LogP contribution in [0.25, 0.3) is 10.9 Å². The number of hydrogen-bond donors (Lipinski definition) is 1. The van der Waals surface area contributed by atoms with Gasteiger partial charge in [-0.2, -0.15) is 0 Å². The van der Waals surface area contributed by atoms with E-state index in [0.717, 1.165) is 29.3 Å². The summed E-state index contributed by atoms with van der Waals surface area (Å²) in [4.78, 5) is 13.4. The van der Waals surface area contributed by atoms with E-state index in [4.69, 9.17) is 4.74 Å². The third-order valence-corrected chi connectivity index (χ3v) is 4.99. The van der Waals surface area contributed by atoms with Crippen molar-refractivity contribution < 1.29 is 9.53 Å². The van der Waals surface area contributed by atoms with Crippen LogP contribution in [0.1, 0.15) is 13.3 Å². The lowest BCUT2D eigenvalue weighted by Gasteiger charge is -2.06. The molecule has 25 heavy (non-hydrogen) atoms. The molecular formula is C20H22N2O2S. The van der Waals surface area contributed by atoms with E-state index in [-0.39, 0.29) is 5.91 Å². The maximum atomic E-state index is 12.2. The van der Waals surface area contributed by atoms with Crippen molar-refractivity contribution in [2.45, 2.75) is 24.8 Å². The number of benzene rings is 2. The molecule has 130 valence electrons.